The van der Waals surface area contributed by atoms with Crippen LogP contribution in [0, 0.1) is 23.7 Å². The highest BCUT2D eigenvalue weighted by Gasteiger charge is 2.51. The maximum atomic E-state index is 5.87. The van der Waals surface area contributed by atoms with Crippen LogP contribution in [0.15, 0.2) is 0 Å². The van der Waals surface area contributed by atoms with E-state index in [0.29, 0.717) is 0 Å². The van der Waals surface area contributed by atoms with Crippen molar-refractivity contribution in [2.45, 2.75) is 124 Å². The first-order chi connectivity index (χ1) is 12.2. The van der Waals surface area contributed by atoms with Crippen molar-refractivity contribution in [3.05, 3.63) is 0 Å². The third-order valence-electron chi connectivity index (χ3n) is 7.14. The number of nitrogens with one attached hydrogen (secondary N) is 1. The molecule has 0 radical (unpaired) electrons. The van der Waals surface area contributed by atoms with Gasteiger partial charge in [-0.1, -0.05) is 53.5 Å². The molecule has 0 saturated heterocycles. The molecule has 0 amide bonds. The Labute approximate surface area is 172 Å². The van der Waals surface area contributed by atoms with Gasteiger partial charge in [0.05, 0.1) is 5.60 Å². The molecule has 0 aromatic rings. The fourth-order valence-corrected chi connectivity index (χ4v) is 12.0. The molecule has 0 aliphatic heterocycles. The molecule has 3 heteroatoms. The molecule has 0 aromatic heterocycles. The van der Waals surface area contributed by atoms with E-state index < -0.39 is 8.24 Å². The summed E-state index contributed by atoms with van der Waals surface area (Å²) in [6, 6.07) is 1.42. The van der Waals surface area contributed by atoms with E-state index in [1.54, 1.807) is 0 Å². The topological polar surface area (TPSA) is 21.3 Å². The van der Waals surface area contributed by atoms with Crippen molar-refractivity contribution in [2.24, 2.45) is 23.7 Å². The molecule has 1 N–H and O–H groups in total. The largest absolute Gasteiger partial charge is 0.376 e. The van der Waals surface area contributed by atoms with Gasteiger partial charge in [0.1, 0.15) is 8.24 Å². The van der Waals surface area contributed by atoms with E-state index in [-0.39, 0.29) is 11.1 Å². The van der Waals surface area contributed by atoms with Crippen LogP contribution in [0.25, 0.3) is 0 Å². The van der Waals surface area contributed by atoms with E-state index in [1.807, 2.05) is 0 Å². The summed E-state index contributed by atoms with van der Waals surface area (Å²) in [5, 5.41) is 0. The Kier molecular flexibility index (Phi) is 9.10. The molecule has 0 heterocycles. The van der Waals surface area contributed by atoms with Crippen molar-refractivity contribution in [3.8, 4) is 0 Å². The van der Waals surface area contributed by atoms with Crippen LogP contribution in [0.3, 0.4) is 0 Å². The van der Waals surface area contributed by atoms with Crippen molar-refractivity contribution in [3.63, 3.8) is 0 Å². The lowest BCUT2D eigenvalue weighted by molar-refractivity contribution is -0.00471. The Bertz CT molecular complexity index is 425. The summed E-state index contributed by atoms with van der Waals surface area (Å²) in [5.74, 6) is 3.41. The van der Waals surface area contributed by atoms with Gasteiger partial charge < -0.3 is 9.72 Å². The SMILES string of the molecule is CC1C(C)C(C)C([Si](C)(CCCCCCOC(C)(C)C)NC(C)(C)C)C1C. The molecule has 0 bridgehead atoms. The summed E-state index contributed by atoms with van der Waals surface area (Å²) in [4.78, 5) is 4.21. The third-order valence-corrected chi connectivity index (χ3v) is 12.4. The number of hydrogen-bond donors (Lipinski definition) is 1. The summed E-state index contributed by atoms with van der Waals surface area (Å²) >= 11 is 0. The first-order valence-corrected chi connectivity index (χ1v) is 14.4. The Morgan fingerprint density at radius 2 is 1.22 bits per heavy atom. The van der Waals surface area contributed by atoms with E-state index in [1.165, 1.54) is 31.7 Å². The van der Waals surface area contributed by atoms with Crippen molar-refractivity contribution in [2.75, 3.05) is 6.61 Å². The fourth-order valence-electron chi connectivity index (χ4n) is 5.75. The van der Waals surface area contributed by atoms with Crippen LogP contribution in [0.5, 0.6) is 0 Å². The predicted molar refractivity (Wildman–Crippen MR) is 124 cm³/mol. The molecule has 0 aromatic carbocycles. The van der Waals surface area contributed by atoms with Gasteiger partial charge in [0.2, 0.25) is 0 Å². The van der Waals surface area contributed by atoms with E-state index in [2.05, 4.69) is 80.8 Å². The molecule has 1 saturated carbocycles. The molecule has 5 atom stereocenters. The van der Waals surface area contributed by atoms with Crippen LogP contribution in [0.4, 0.5) is 0 Å². The number of unbranched alkanes of at least 4 members (excludes halogenated alkanes) is 3. The summed E-state index contributed by atoms with van der Waals surface area (Å²) in [6.45, 7) is 27.1. The Balaban J connectivity index is 2.64. The van der Waals surface area contributed by atoms with Crippen LogP contribution in [-0.2, 0) is 4.74 Å². The monoisotopic (exact) mass is 397 g/mol. The van der Waals surface area contributed by atoms with Gasteiger partial charge in [-0.25, -0.2) is 0 Å². The van der Waals surface area contributed by atoms with Crippen LogP contribution in [0.1, 0.15) is 94.9 Å². The molecule has 2 nitrogen and oxygen atoms in total. The average molecular weight is 398 g/mol. The molecule has 1 fully saturated rings. The molecule has 5 unspecified atom stereocenters. The average Bonchev–Trinajstić information content (AvgIpc) is 2.67. The van der Waals surface area contributed by atoms with Gasteiger partial charge in [0.25, 0.3) is 0 Å². The molecule has 1 aliphatic rings. The van der Waals surface area contributed by atoms with Gasteiger partial charge in [0.15, 0.2) is 0 Å². The van der Waals surface area contributed by atoms with Crippen molar-refractivity contribution in [1.82, 2.24) is 4.98 Å². The Morgan fingerprint density at radius 1 is 0.741 bits per heavy atom. The summed E-state index contributed by atoms with van der Waals surface area (Å²) in [6.07, 6.45) is 5.23. The van der Waals surface area contributed by atoms with Crippen molar-refractivity contribution in [1.29, 1.82) is 0 Å². The van der Waals surface area contributed by atoms with E-state index in [0.717, 1.165) is 35.8 Å². The Hall–Kier alpha value is 0.137. The van der Waals surface area contributed by atoms with Crippen LogP contribution >= 0.6 is 0 Å². The highest BCUT2D eigenvalue weighted by Crippen LogP contribution is 2.54. The number of rotatable bonds is 9. The standard InChI is InChI=1S/C24H51NOSi/c1-18-19(2)21(4)22(20(18)3)27(11,25-23(5,6)7)17-15-13-12-14-16-26-24(8,9)10/h18-22,25H,12-17H2,1-11H3. The zero-order chi connectivity index (χ0) is 21.0. The molecule has 0 spiro atoms. The summed E-state index contributed by atoms with van der Waals surface area (Å²) in [7, 11) is -1.54. The molecule has 27 heavy (non-hydrogen) atoms. The maximum Gasteiger partial charge on any atom is 0.126 e. The molecule has 1 aliphatic carbocycles. The molecular formula is C24H51NOSi. The fraction of sp³-hybridized carbons (Fsp3) is 1.00. The van der Waals surface area contributed by atoms with Gasteiger partial charge in [-0.15, -0.1) is 0 Å². The summed E-state index contributed by atoms with van der Waals surface area (Å²) < 4.78 is 5.87. The normalized spacial score (nSPS) is 31.9. The van der Waals surface area contributed by atoms with Gasteiger partial charge in [-0.2, -0.15) is 0 Å². The van der Waals surface area contributed by atoms with Crippen LogP contribution < -0.4 is 4.98 Å². The molecule has 1 rings (SSSR count). The third kappa shape index (κ3) is 7.82. The lowest BCUT2D eigenvalue weighted by atomic mass is 9.92. The van der Waals surface area contributed by atoms with E-state index in [9.17, 15) is 0 Å². The zero-order valence-corrected chi connectivity index (χ0v) is 21.5. The lowest BCUT2D eigenvalue weighted by Gasteiger charge is -2.44. The summed E-state index contributed by atoms with van der Waals surface area (Å²) in [5.41, 5.74) is 1.12. The quantitative estimate of drug-likeness (QED) is 0.326. The zero-order valence-electron chi connectivity index (χ0n) is 20.5. The second-order valence-electron chi connectivity index (χ2n) is 11.9. The van der Waals surface area contributed by atoms with E-state index >= 15 is 0 Å². The minimum atomic E-state index is -1.54. The first kappa shape index (κ1) is 25.2. The lowest BCUT2D eigenvalue weighted by Crippen LogP contribution is -2.60. The predicted octanol–water partition coefficient (Wildman–Crippen LogP) is 7.25. The van der Waals surface area contributed by atoms with E-state index in [4.69, 9.17) is 4.74 Å². The van der Waals surface area contributed by atoms with Crippen LogP contribution in [-0.4, -0.2) is 26.0 Å². The van der Waals surface area contributed by atoms with Gasteiger partial charge in [-0.3, -0.25) is 0 Å². The van der Waals surface area contributed by atoms with Crippen LogP contribution in [0.2, 0.25) is 18.1 Å². The highest BCUT2D eigenvalue weighted by atomic mass is 28.3. The first-order valence-electron chi connectivity index (χ1n) is 11.6. The van der Waals surface area contributed by atoms with Crippen molar-refractivity contribution < 1.29 is 4.74 Å². The molecule has 162 valence electrons. The van der Waals surface area contributed by atoms with Crippen molar-refractivity contribution >= 4 is 8.24 Å². The van der Waals surface area contributed by atoms with Gasteiger partial charge in [-0.05, 0) is 83.2 Å². The smallest absolute Gasteiger partial charge is 0.126 e. The molecular weight excluding hydrogens is 346 g/mol. The second kappa shape index (κ2) is 9.76. The maximum absolute atomic E-state index is 5.87. The minimum Gasteiger partial charge on any atom is -0.376 e. The Morgan fingerprint density at radius 3 is 1.67 bits per heavy atom. The minimum absolute atomic E-state index is 0.00422. The van der Waals surface area contributed by atoms with Gasteiger partial charge in [0, 0.05) is 12.1 Å². The van der Waals surface area contributed by atoms with Gasteiger partial charge >= 0.3 is 0 Å². The number of ether oxygens (including phenoxy) is 1. The number of hydrogen-bond acceptors (Lipinski definition) is 2. The second-order valence-corrected chi connectivity index (χ2v) is 16.1. The highest BCUT2D eigenvalue weighted by molar-refractivity contribution is 6.78.